The molecule has 100 valence electrons. The minimum Gasteiger partial charge on any atom is -0.282 e. The SMILES string of the molecule is Cc1ccccc1Cc1cc(-c2ccncc2Cl)n[nH]1. The molecule has 3 aromatic rings. The Bertz CT molecular complexity index is 734. The van der Waals surface area contributed by atoms with E-state index in [0.29, 0.717) is 5.02 Å². The largest absolute Gasteiger partial charge is 0.282 e. The first-order valence-electron chi connectivity index (χ1n) is 6.43. The van der Waals surface area contributed by atoms with Gasteiger partial charge in [-0.15, -0.1) is 0 Å². The van der Waals surface area contributed by atoms with Gasteiger partial charge in [-0.05, 0) is 30.2 Å². The van der Waals surface area contributed by atoms with Gasteiger partial charge in [0.25, 0.3) is 0 Å². The fourth-order valence-electron chi connectivity index (χ4n) is 2.19. The fraction of sp³-hybridized carbons (Fsp3) is 0.125. The number of pyridine rings is 1. The van der Waals surface area contributed by atoms with Crippen molar-refractivity contribution < 1.29 is 0 Å². The third-order valence-corrected chi connectivity index (χ3v) is 3.62. The molecule has 0 aliphatic carbocycles. The van der Waals surface area contributed by atoms with E-state index in [4.69, 9.17) is 11.6 Å². The minimum absolute atomic E-state index is 0.612. The van der Waals surface area contributed by atoms with Gasteiger partial charge < -0.3 is 0 Å². The van der Waals surface area contributed by atoms with Gasteiger partial charge in [-0.3, -0.25) is 10.1 Å². The second-order valence-electron chi connectivity index (χ2n) is 4.74. The predicted molar refractivity (Wildman–Crippen MR) is 80.8 cm³/mol. The van der Waals surface area contributed by atoms with E-state index in [9.17, 15) is 0 Å². The van der Waals surface area contributed by atoms with Crippen molar-refractivity contribution in [1.82, 2.24) is 15.2 Å². The monoisotopic (exact) mass is 283 g/mol. The Morgan fingerprint density at radius 2 is 2.05 bits per heavy atom. The molecule has 0 bridgehead atoms. The number of nitrogens with one attached hydrogen (secondary N) is 1. The molecule has 0 amide bonds. The first-order valence-corrected chi connectivity index (χ1v) is 6.80. The maximum Gasteiger partial charge on any atom is 0.0939 e. The van der Waals surface area contributed by atoms with Crippen LogP contribution in [-0.4, -0.2) is 15.2 Å². The van der Waals surface area contributed by atoms with Crippen LogP contribution in [0.25, 0.3) is 11.3 Å². The molecule has 0 spiro atoms. The van der Waals surface area contributed by atoms with E-state index in [1.807, 2.05) is 18.2 Å². The molecule has 1 N–H and O–H groups in total. The zero-order chi connectivity index (χ0) is 13.9. The quantitative estimate of drug-likeness (QED) is 0.789. The van der Waals surface area contributed by atoms with E-state index >= 15 is 0 Å². The summed E-state index contributed by atoms with van der Waals surface area (Å²) in [6.45, 7) is 2.12. The molecule has 20 heavy (non-hydrogen) atoms. The Morgan fingerprint density at radius 1 is 1.20 bits per heavy atom. The van der Waals surface area contributed by atoms with Crippen LogP contribution in [0.3, 0.4) is 0 Å². The van der Waals surface area contributed by atoms with E-state index in [-0.39, 0.29) is 0 Å². The molecular formula is C16H14ClN3. The van der Waals surface area contributed by atoms with Crippen LogP contribution in [0.2, 0.25) is 5.02 Å². The predicted octanol–water partition coefficient (Wildman–Crippen LogP) is 4.02. The molecule has 3 nitrogen and oxygen atoms in total. The van der Waals surface area contributed by atoms with Crippen molar-refractivity contribution in [2.24, 2.45) is 0 Å². The molecule has 0 saturated carbocycles. The Kier molecular flexibility index (Phi) is 3.52. The minimum atomic E-state index is 0.612. The van der Waals surface area contributed by atoms with Gasteiger partial charge in [0.15, 0.2) is 0 Å². The lowest BCUT2D eigenvalue weighted by Crippen LogP contribution is -1.91. The molecule has 0 radical (unpaired) electrons. The van der Waals surface area contributed by atoms with E-state index < -0.39 is 0 Å². The van der Waals surface area contributed by atoms with Gasteiger partial charge in [0.1, 0.15) is 0 Å². The number of hydrogen-bond acceptors (Lipinski definition) is 2. The number of aryl methyl sites for hydroxylation is 1. The number of H-pyrrole nitrogens is 1. The summed E-state index contributed by atoms with van der Waals surface area (Å²) >= 11 is 6.14. The Labute approximate surface area is 122 Å². The molecular weight excluding hydrogens is 270 g/mol. The number of aromatic nitrogens is 3. The van der Waals surface area contributed by atoms with Crippen LogP contribution in [0, 0.1) is 6.92 Å². The molecule has 0 aliphatic heterocycles. The van der Waals surface area contributed by atoms with Gasteiger partial charge >= 0.3 is 0 Å². The molecule has 1 aromatic carbocycles. The lowest BCUT2D eigenvalue weighted by molar-refractivity contribution is 0.992. The maximum atomic E-state index is 6.14. The summed E-state index contributed by atoms with van der Waals surface area (Å²) in [7, 11) is 0. The molecule has 0 atom stereocenters. The molecule has 0 aliphatic rings. The molecule has 0 saturated heterocycles. The van der Waals surface area contributed by atoms with E-state index in [1.54, 1.807) is 12.4 Å². The van der Waals surface area contributed by atoms with Crippen LogP contribution < -0.4 is 0 Å². The molecule has 2 heterocycles. The summed E-state index contributed by atoms with van der Waals surface area (Å²) in [4.78, 5) is 3.99. The van der Waals surface area contributed by atoms with Crippen LogP contribution in [-0.2, 0) is 6.42 Å². The second-order valence-corrected chi connectivity index (χ2v) is 5.14. The number of nitrogens with zero attached hydrogens (tertiary/aromatic N) is 2. The van der Waals surface area contributed by atoms with Crippen molar-refractivity contribution in [2.45, 2.75) is 13.3 Å². The third kappa shape index (κ3) is 2.58. The van der Waals surface area contributed by atoms with Gasteiger partial charge in [-0.2, -0.15) is 5.10 Å². The van der Waals surface area contributed by atoms with Crippen LogP contribution in [0.1, 0.15) is 16.8 Å². The second kappa shape index (κ2) is 5.47. The van der Waals surface area contributed by atoms with E-state index in [0.717, 1.165) is 23.4 Å². The number of aromatic amines is 1. The number of rotatable bonds is 3. The standard InChI is InChI=1S/C16H14ClN3/c1-11-4-2-3-5-12(11)8-13-9-16(20-19-13)14-6-7-18-10-15(14)17/h2-7,9-10H,8H2,1H3,(H,19,20). The van der Waals surface area contributed by atoms with Crippen LogP contribution in [0.15, 0.2) is 48.8 Å². The first-order chi connectivity index (χ1) is 9.74. The first kappa shape index (κ1) is 12.9. The summed E-state index contributed by atoms with van der Waals surface area (Å²) in [6.07, 6.45) is 4.19. The molecule has 0 unspecified atom stereocenters. The zero-order valence-electron chi connectivity index (χ0n) is 11.1. The summed E-state index contributed by atoms with van der Waals surface area (Å²) in [6, 6.07) is 12.3. The van der Waals surface area contributed by atoms with E-state index in [2.05, 4.69) is 40.3 Å². The average Bonchev–Trinajstić information content (AvgIpc) is 2.90. The highest BCUT2D eigenvalue weighted by Crippen LogP contribution is 2.26. The van der Waals surface area contributed by atoms with Crippen molar-refractivity contribution in [1.29, 1.82) is 0 Å². The van der Waals surface area contributed by atoms with Gasteiger partial charge in [0, 0.05) is 30.1 Å². The lowest BCUT2D eigenvalue weighted by atomic mass is 10.0. The molecule has 3 rings (SSSR count). The van der Waals surface area contributed by atoms with Gasteiger partial charge in [0.05, 0.1) is 10.7 Å². The Morgan fingerprint density at radius 3 is 2.85 bits per heavy atom. The number of halogens is 1. The summed E-state index contributed by atoms with van der Waals surface area (Å²) in [5, 5.41) is 8.03. The van der Waals surface area contributed by atoms with Gasteiger partial charge in [-0.25, -0.2) is 0 Å². The van der Waals surface area contributed by atoms with Crippen molar-refractivity contribution in [3.05, 3.63) is 70.6 Å². The van der Waals surface area contributed by atoms with E-state index in [1.165, 1.54) is 11.1 Å². The van der Waals surface area contributed by atoms with Crippen molar-refractivity contribution in [3.63, 3.8) is 0 Å². The normalized spacial score (nSPS) is 10.7. The van der Waals surface area contributed by atoms with Gasteiger partial charge in [0.2, 0.25) is 0 Å². The van der Waals surface area contributed by atoms with Crippen LogP contribution >= 0.6 is 11.6 Å². The molecule has 4 heteroatoms. The van der Waals surface area contributed by atoms with Gasteiger partial charge in [-0.1, -0.05) is 35.9 Å². The Balaban J connectivity index is 1.88. The summed E-state index contributed by atoms with van der Waals surface area (Å²) in [5.41, 5.74) is 5.39. The zero-order valence-corrected chi connectivity index (χ0v) is 11.9. The number of benzene rings is 1. The Hall–Kier alpha value is -2.13. The van der Waals surface area contributed by atoms with Crippen LogP contribution in [0.5, 0.6) is 0 Å². The lowest BCUT2D eigenvalue weighted by Gasteiger charge is -2.02. The highest BCUT2D eigenvalue weighted by Gasteiger charge is 2.08. The molecule has 0 fully saturated rings. The van der Waals surface area contributed by atoms with Crippen molar-refractivity contribution in [2.75, 3.05) is 0 Å². The smallest absolute Gasteiger partial charge is 0.0939 e. The summed E-state index contributed by atoms with van der Waals surface area (Å²) < 4.78 is 0. The van der Waals surface area contributed by atoms with Crippen LogP contribution in [0.4, 0.5) is 0 Å². The topological polar surface area (TPSA) is 41.6 Å². The summed E-state index contributed by atoms with van der Waals surface area (Å²) in [5.74, 6) is 0. The average molecular weight is 284 g/mol. The van der Waals surface area contributed by atoms with Crippen molar-refractivity contribution >= 4 is 11.6 Å². The van der Waals surface area contributed by atoms with Crippen molar-refractivity contribution in [3.8, 4) is 11.3 Å². The number of hydrogen-bond donors (Lipinski definition) is 1. The molecule has 2 aromatic heterocycles. The third-order valence-electron chi connectivity index (χ3n) is 3.32. The highest BCUT2D eigenvalue weighted by atomic mass is 35.5. The maximum absolute atomic E-state index is 6.14. The highest BCUT2D eigenvalue weighted by molar-refractivity contribution is 6.33. The fourth-order valence-corrected chi connectivity index (χ4v) is 2.40.